The quantitative estimate of drug-likeness (QED) is 0.217. The minimum atomic E-state index is -1.38. The molecule has 0 spiro atoms. The largest absolute Gasteiger partial charge is 0.480 e. The number of nitrogens with one attached hydrogen (secondary N) is 2. The molecule has 0 radical (unpaired) electrons. The highest BCUT2D eigenvalue weighted by molar-refractivity contribution is 5.93. The number of amides is 4. The van der Waals surface area contributed by atoms with E-state index in [1.165, 1.54) is 6.92 Å². The predicted octanol–water partition coefficient (Wildman–Crippen LogP) is -3.36. The molecule has 8 N–H and O–H groups in total. The number of primary amides is 1. The topological polar surface area (TPSA) is 205 Å². The molecule has 4 atom stereocenters. The van der Waals surface area contributed by atoms with E-state index in [9.17, 15) is 29.1 Å². The molecule has 28 heavy (non-hydrogen) atoms. The van der Waals surface area contributed by atoms with E-state index in [1.54, 1.807) is 0 Å². The minimum Gasteiger partial charge on any atom is -0.480 e. The van der Waals surface area contributed by atoms with Crippen molar-refractivity contribution >= 4 is 29.6 Å². The zero-order valence-corrected chi connectivity index (χ0v) is 15.6. The van der Waals surface area contributed by atoms with Gasteiger partial charge in [0, 0.05) is 13.0 Å². The summed E-state index contributed by atoms with van der Waals surface area (Å²) in [6.07, 6.45) is -0.549. The maximum atomic E-state index is 12.3. The van der Waals surface area contributed by atoms with Crippen LogP contribution in [0.3, 0.4) is 0 Å². The number of hydrogen-bond donors (Lipinski definition) is 6. The first-order valence-electron chi connectivity index (χ1n) is 8.87. The van der Waals surface area contributed by atoms with Crippen LogP contribution in [0.1, 0.15) is 32.6 Å². The van der Waals surface area contributed by atoms with Gasteiger partial charge < -0.3 is 37.2 Å². The Bertz CT molecular complexity index is 625. The number of hydrogen-bond acceptors (Lipinski definition) is 7. The van der Waals surface area contributed by atoms with Crippen LogP contribution < -0.4 is 22.1 Å². The molecule has 4 amide bonds. The molecule has 0 aromatic heterocycles. The maximum absolute atomic E-state index is 12.3. The van der Waals surface area contributed by atoms with Gasteiger partial charge in [0.1, 0.15) is 12.1 Å². The number of carbonyl (C=O) groups is 5. The number of aliphatic hydroxyl groups is 1. The fraction of sp³-hybridized carbons (Fsp3) is 0.688. The molecule has 0 aliphatic carbocycles. The second kappa shape index (κ2) is 10.6. The summed E-state index contributed by atoms with van der Waals surface area (Å²) in [5.74, 6) is -3.92. The minimum absolute atomic E-state index is 0.0284. The van der Waals surface area contributed by atoms with E-state index in [1.807, 2.05) is 0 Å². The molecule has 158 valence electrons. The van der Waals surface area contributed by atoms with Gasteiger partial charge in [0.2, 0.25) is 23.6 Å². The molecule has 1 saturated heterocycles. The van der Waals surface area contributed by atoms with E-state index in [2.05, 4.69) is 10.6 Å². The van der Waals surface area contributed by atoms with Gasteiger partial charge in [-0.05, 0) is 26.2 Å². The lowest BCUT2D eigenvalue weighted by Gasteiger charge is -2.24. The van der Waals surface area contributed by atoms with Crippen LogP contribution in [0.25, 0.3) is 0 Å². The second-order valence-electron chi connectivity index (χ2n) is 6.64. The highest BCUT2D eigenvalue weighted by Gasteiger charge is 2.34. The van der Waals surface area contributed by atoms with Crippen molar-refractivity contribution in [2.75, 3.05) is 13.1 Å². The fourth-order valence-electron chi connectivity index (χ4n) is 2.79. The van der Waals surface area contributed by atoms with Crippen molar-refractivity contribution in [1.82, 2.24) is 15.5 Å². The first-order valence-corrected chi connectivity index (χ1v) is 8.87. The molecule has 4 unspecified atom stereocenters. The van der Waals surface area contributed by atoms with Crippen molar-refractivity contribution in [1.29, 1.82) is 0 Å². The molecule has 0 aromatic carbocycles. The van der Waals surface area contributed by atoms with Crippen LogP contribution in [0.2, 0.25) is 0 Å². The Morgan fingerprint density at radius 1 is 1.21 bits per heavy atom. The Kier molecular flexibility index (Phi) is 8.79. The number of aliphatic carboxylic acids is 1. The van der Waals surface area contributed by atoms with E-state index in [0.29, 0.717) is 12.8 Å². The normalized spacial score (nSPS) is 19.4. The van der Waals surface area contributed by atoms with Gasteiger partial charge in [-0.25, -0.2) is 4.79 Å². The summed E-state index contributed by atoms with van der Waals surface area (Å²) < 4.78 is 0. The van der Waals surface area contributed by atoms with Gasteiger partial charge in [-0.2, -0.15) is 0 Å². The Labute approximate surface area is 161 Å². The zero-order valence-electron chi connectivity index (χ0n) is 15.6. The molecule has 12 heteroatoms. The Morgan fingerprint density at radius 3 is 2.39 bits per heavy atom. The predicted molar refractivity (Wildman–Crippen MR) is 95.4 cm³/mol. The summed E-state index contributed by atoms with van der Waals surface area (Å²) in [7, 11) is 0. The summed E-state index contributed by atoms with van der Waals surface area (Å²) in [6.45, 7) is 1.06. The van der Waals surface area contributed by atoms with Crippen LogP contribution in [0.15, 0.2) is 0 Å². The number of carbonyl (C=O) groups excluding carboxylic acids is 4. The number of aliphatic hydroxyl groups excluding tert-OH is 1. The van der Waals surface area contributed by atoms with Gasteiger partial charge in [-0.3, -0.25) is 19.2 Å². The number of likely N-dealkylation sites (tertiary alicyclic amines) is 1. The standard InChI is InChI=1S/C16H27N5O7/c1-8(22)13(20-14(25)9(17)4-5-11(18)23)15(26)19-7-12(24)21-6-2-3-10(21)16(27)28/h8-10,13,22H,2-7,17H2,1H3,(H2,18,23)(H,19,26)(H,20,25)(H,27,28). The van der Waals surface area contributed by atoms with Crippen LogP contribution in [-0.2, 0) is 24.0 Å². The average Bonchev–Trinajstić information content (AvgIpc) is 3.11. The Hall–Kier alpha value is -2.73. The van der Waals surface area contributed by atoms with E-state index in [0.717, 1.165) is 4.90 Å². The molecule has 1 aliphatic rings. The van der Waals surface area contributed by atoms with Crippen molar-refractivity contribution in [3.63, 3.8) is 0 Å². The van der Waals surface area contributed by atoms with Crippen LogP contribution in [0.4, 0.5) is 0 Å². The molecule has 12 nitrogen and oxygen atoms in total. The highest BCUT2D eigenvalue weighted by atomic mass is 16.4. The van der Waals surface area contributed by atoms with E-state index < -0.39 is 60.4 Å². The van der Waals surface area contributed by atoms with Gasteiger partial charge in [0.25, 0.3) is 0 Å². The molecular formula is C16H27N5O7. The average molecular weight is 401 g/mol. The number of carboxylic acids is 1. The number of nitrogens with two attached hydrogens (primary N) is 2. The maximum Gasteiger partial charge on any atom is 0.326 e. The van der Waals surface area contributed by atoms with Gasteiger partial charge in [-0.1, -0.05) is 0 Å². The summed E-state index contributed by atoms with van der Waals surface area (Å²) >= 11 is 0. The molecule has 1 rings (SSSR count). The van der Waals surface area contributed by atoms with Crippen molar-refractivity contribution in [3.8, 4) is 0 Å². The zero-order chi connectivity index (χ0) is 21.4. The lowest BCUT2D eigenvalue weighted by molar-refractivity contribution is -0.148. The number of nitrogens with zero attached hydrogens (tertiary/aromatic N) is 1. The summed E-state index contributed by atoms with van der Waals surface area (Å²) in [4.78, 5) is 59.5. The summed E-state index contributed by atoms with van der Waals surface area (Å²) in [6, 6.07) is -3.42. The van der Waals surface area contributed by atoms with E-state index >= 15 is 0 Å². The van der Waals surface area contributed by atoms with Crippen LogP contribution in [0, 0.1) is 0 Å². The van der Waals surface area contributed by atoms with Crippen molar-refractivity contribution < 1.29 is 34.2 Å². The van der Waals surface area contributed by atoms with Crippen molar-refractivity contribution in [2.45, 2.75) is 56.8 Å². The monoisotopic (exact) mass is 401 g/mol. The molecule has 0 aromatic rings. The van der Waals surface area contributed by atoms with E-state index in [-0.39, 0.29) is 19.4 Å². The molecule has 1 aliphatic heterocycles. The summed E-state index contributed by atoms with van der Waals surface area (Å²) in [5, 5.41) is 23.4. The van der Waals surface area contributed by atoms with Crippen LogP contribution in [-0.4, -0.2) is 82.0 Å². The number of rotatable bonds is 10. The molecule has 1 heterocycles. The smallest absolute Gasteiger partial charge is 0.326 e. The molecule has 0 bridgehead atoms. The third-order valence-electron chi connectivity index (χ3n) is 4.37. The van der Waals surface area contributed by atoms with Gasteiger partial charge in [0.15, 0.2) is 0 Å². The lowest BCUT2D eigenvalue weighted by atomic mass is 10.1. The summed E-state index contributed by atoms with van der Waals surface area (Å²) in [5.41, 5.74) is 10.6. The van der Waals surface area contributed by atoms with Crippen LogP contribution >= 0.6 is 0 Å². The van der Waals surface area contributed by atoms with Gasteiger partial charge in [-0.15, -0.1) is 0 Å². The molecular weight excluding hydrogens is 374 g/mol. The second-order valence-corrected chi connectivity index (χ2v) is 6.64. The third-order valence-corrected chi connectivity index (χ3v) is 4.37. The molecule has 0 saturated carbocycles. The van der Waals surface area contributed by atoms with Crippen LogP contribution in [0.5, 0.6) is 0 Å². The van der Waals surface area contributed by atoms with Gasteiger partial charge >= 0.3 is 5.97 Å². The highest BCUT2D eigenvalue weighted by Crippen LogP contribution is 2.17. The Balaban J connectivity index is 2.60. The number of carboxylic acid groups (broad SMARTS) is 1. The first kappa shape index (κ1) is 23.3. The lowest BCUT2D eigenvalue weighted by Crippen LogP contribution is -2.57. The fourth-order valence-corrected chi connectivity index (χ4v) is 2.79. The SMILES string of the molecule is CC(O)C(NC(=O)C(N)CCC(N)=O)C(=O)NCC(=O)N1CCCC1C(=O)O. The third kappa shape index (κ3) is 6.78. The van der Waals surface area contributed by atoms with E-state index in [4.69, 9.17) is 16.6 Å². The van der Waals surface area contributed by atoms with Crippen molar-refractivity contribution in [3.05, 3.63) is 0 Å². The Morgan fingerprint density at radius 2 is 1.86 bits per heavy atom. The first-order chi connectivity index (χ1) is 13.0. The van der Waals surface area contributed by atoms with Gasteiger partial charge in [0.05, 0.1) is 18.7 Å². The van der Waals surface area contributed by atoms with Crippen molar-refractivity contribution in [2.24, 2.45) is 11.5 Å². The molecule has 1 fully saturated rings.